The maximum atomic E-state index is 12.3. The number of aryl methyl sites for hydroxylation is 2. The first kappa shape index (κ1) is 14.2. The summed E-state index contributed by atoms with van der Waals surface area (Å²) < 4.78 is 27.0. The standard InChI is InChI=1S/C12H15N5O2S/c1-8-7-9(2)15-12(14-8)17-20(18,19)11-6-4-3-5-10(11)16-13/h3-7,16H,13H2,1-2H3,(H,14,15,17). The Hall–Kier alpha value is -2.19. The average Bonchev–Trinajstić information content (AvgIpc) is 2.36. The first-order chi connectivity index (χ1) is 9.42. The summed E-state index contributed by atoms with van der Waals surface area (Å²) in [6, 6.07) is 8.06. The van der Waals surface area contributed by atoms with Gasteiger partial charge >= 0.3 is 0 Å². The fourth-order valence-electron chi connectivity index (χ4n) is 1.77. The van der Waals surface area contributed by atoms with E-state index < -0.39 is 10.0 Å². The molecule has 20 heavy (non-hydrogen) atoms. The SMILES string of the molecule is Cc1cc(C)nc(NS(=O)(=O)c2ccccc2NN)n1. The largest absolute Gasteiger partial charge is 0.323 e. The van der Waals surface area contributed by atoms with Gasteiger partial charge in [-0.2, -0.15) is 0 Å². The Morgan fingerprint density at radius 1 is 1.10 bits per heavy atom. The van der Waals surface area contributed by atoms with E-state index in [0.717, 1.165) is 0 Å². The maximum Gasteiger partial charge on any atom is 0.266 e. The van der Waals surface area contributed by atoms with Crippen LogP contribution in [0, 0.1) is 13.8 Å². The number of nitrogens with one attached hydrogen (secondary N) is 2. The molecule has 1 aromatic heterocycles. The van der Waals surface area contributed by atoms with Crippen LogP contribution in [0.4, 0.5) is 11.6 Å². The molecule has 2 rings (SSSR count). The molecule has 0 spiro atoms. The molecule has 7 nitrogen and oxygen atoms in total. The second-order valence-corrected chi connectivity index (χ2v) is 5.87. The van der Waals surface area contributed by atoms with E-state index in [9.17, 15) is 8.42 Å². The number of nitrogens with two attached hydrogens (primary N) is 1. The van der Waals surface area contributed by atoms with Crippen LogP contribution in [0.1, 0.15) is 11.4 Å². The first-order valence-electron chi connectivity index (χ1n) is 5.83. The summed E-state index contributed by atoms with van der Waals surface area (Å²) in [5.41, 5.74) is 4.01. The van der Waals surface area contributed by atoms with Crippen molar-refractivity contribution >= 4 is 21.7 Å². The molecule has 0 radical (unpaired) electrons. The highest BCUT2D eigenvalue weighted by atomic mass is 32.2. The number of para-hydroxylation sites is 1. The van der Waals surface area contributed by atoms with Gasteiger partial charge in [-0.05, 0) is 32.0 Å². The van der Waals surface area contributed by atoms with Crippen molar-refractivity contribution in [2.24, 2.45) is 5.84 Å². The number of hydrogen-bond acceptors (Lipinski definition) is 6. The molecule has 0 aliphatic heterocycles. The number of rotatable bonds is 4. The van der Waals surface area contributed by atoms with Crippen LogP contribution < -0.4 is 16.0 Å². The fraction of sp³-hybridized carbons (Fsp3) is 0.167. The predicted octanol–water partition coefficient (Wildman–Crippen LogP) is 1.18. The summed E-state index contributed by atoms with van der Waals surface area (Å²) in [5.74, 6) is 5.35. The Labute approximate surface area is 117 Å². The Balaban J connectivity index is 2.41. The van der Waals surface area contributed by atoms with Crippen LogP contribution in [-0.2, 0) is 10.0 Å². The van der Waals surface area contributed by atoms with Gasteiger partial charge < -0.3 is 5.43 Å². The molecule has 106 valence electrons. The molecule has 2 aromatic rings. The molecule has 0 amide bonds. The van der Waals surface area contributed by atoms with Crippen molar-refractivity contribution in [2.75, 3.05) is 10.1 Å². The molecule has 0 aliphatic rings. The Morgan fingerprint density at radius 2 is 1.70 bits per heavy atom. The van der Waals surface area contributed by atoms with Crippen LogP contribution in [0.2, 0.25) is 0 Å². The van der Waals surface area contributed by atoms with Crippen molar-refractivity contribution in [3.05, 3.63) is 41.7 Å². The minimum atomic E-state index is -3.81. The highest BCUT2D eigenvalue weighted by Crippen LogP contribution is 2.21. The van der Waals surface area contributed by atoms with Gasteiger partial charge in [-0.15, -0.1) is 0 Å². The van der Waals surface area contributed by atoms with Crippen LogP contribution in [0.15, 0.2) is 35.2 Å². The lowest BCUT2D eigenvalue weighted by atomic mass is 10.3. The molecule has 1 aromatic carbocycles. The molecule has 0 saturated carbocycles. The third-order valence-corrected chi connectivity index (χ3v) is 3.93. The van der Waals surface area contributed by atoms with E-state index in [1.54, 1.807) is 38.1 Å². The Bertz CT molecular complexity index is 710. The number of anilines is 2. The first-order valence-corrected chi connectivity index (χ1v) is 7.31. The fourth-order valence-corrected chi connectivity index (χ4v) is 2.88. The summed E-state index contributed by atoms with van der Waals surface area (Å²) in [5, 5.41) is 0. The highest BCUT2D eigenvalue weighted by molar-refractivity contribution is 7.92. The molecule has 0 fully saturated rings. The van der Waals surface area contributed by atoms with Crippen LogP contribution in [0.25, 0.3) is 0 Å². The van der Waals surface area contributed by atoms with Crippen molar-refractivity contribution in [3.63, 3.8) is 0 Å². The van der Waals surface area contributed by atoms with Crippen molar-refractivity contribution in [1.82, 2.24) is 9.97 Å². The average molecular weight is 293 g/mol. The van der Waals surface area contributed by atoms with Crippen LogP contribution in [-0.4, -0.2) is 18.4 Å². The molecular formula is C12H15N5O2S. The van der Waals surface area contributed by atoms with Crippen LogP contribution >= 0.6 is 0 Å². The zero-order chi connectivity index (χ0) is 14.8. The number of hydrogen-bond donors (Lipinski definition) is 3. The molecule has 1 heterocycles. The highest BCUT2D eigenvalue weighted by Gasteiger charge is 2.19. The second-order valence-electron chi connectivity index (χ2n) is 4.22. The van der Waals surface area contributed by atoms with E-state index in [-0.39, 0.29) is 10.8 Å². The van der Waals surface area contributed by atoms with Gasteiger partial charge in [0.05, 0.1) is 5.69 Å². The third-order valence-electron chi connectivity index (χ3n) is 2.54. The van der Waals surface area contributed by atoms with Crippen molar-refractivity contribution in [3.8, 4) is 0 Å². The van der Waals surface area contributed by atoms with Gasteiger partial charge in [0.2, 0.25) is 5.95 Å². The summed E-state index contributed by atoms with van der Waals surface area (Å²) >= 11 is 0. The number of hydrazine groups is 1. The quantitative estimate of drug-likeness (QED) is 0.577. The van der Waals surface area contributed by atoms with Gasteiger partial charge in [0.25, 0.3) is 10.0 Å². The number of sulfonamides is 1. The van der Waals surface area contributed by atoms with E-state index in [1.807, 2.05) is 0 Å². The smallest absolute Gasteiger partial charge is 0.266 e. The van der Waals surface area contributed by atoms with E-state index in [2.05, 4.69) is 20.1 Å². The number of benzene rings is 1. The van der Waals surface area contributed by atoms with Gasteiger partial charge in [-0.1, -0.05) is 12.1 Å². The van der Waals surface area contributed by atoms with E-state index in [4.69, 9.17) is 5.84 Å². The zero-order valence-corrected chi connectivity index (χ0v) is 11.9. The van der Waals surface area contributed by atoms with Gasteiger partial charge in [-0.3, -0.25) is 5.84 Å². The Kier molecular flexibility index (Phi) is 3.86. The predicted molar refractivity (Wildman–Crippen MR) is 76.6 cm³/mol. The van der Waals surface area contributed by atoms with Gasteiger partial charge in [-0.25, -0.2) is 23.1 Å². The van der Waals surface area contributed by atoms with Gasteiger partial charge in [0, 0.05) is 11.4 Å². The summed E-state index contributed by atoms with van der Waals surface area (Å²) in [6.07, 6.45) is 0. The molecule has 0 atom stereocenters. The molecule has 0 unspecified atom stereocenters. The molecule has 8 heteroatoms. The summed E-state index contributed by atoms with van der Waals surface area (Å²) in [6.45, 7) is 3.53. The zero-order valence-electron chi connectivity index (χ0n) is 11.1. The maximum absolute atomic E-state index is 12.3. The van der Waals surface area contributed by atoms with Crippen molar-refractivity contribution in [2.45, 2.75) is 18.7 Å². The minimum absolute atomic E-state index is 0.0326. The third kappa shape index (κ3) is 3.03. The molecule has 0 aliphatic carbocycles. The van der Waals surface area contributed by atoms with Crippen molar-refractivity contribution in [1.29, 1.82) is 0 Å². The van der Waals surface area contributed by atoms with Crippen LogP contribution in [0.3, 0.4) is 0 Å². The monoisotopic (exact) mass is 293 g/mol. The lowest BCUT2D eigenvalue weighted by Crippen LogP contribution is -2.19. The lowest BCUT2D eigenvalue weighted by Gasteiger charge is -2.11. The number of aromatic nitrogens is 2. The Morgan fingerprint density at radius 3 is 2.30 bits per heavy atom. The second kappa shape index (κ2) is 5.43. The summed E-state index contributed by atoms with van der Waals surface area (Å²) in [7, 11) is -3.81. The van der Waals surface area contributed by atoms with Crippen LogP contribution in [0.5, 0.6) is 0 Å². The van der Waals surface area contributed by atoms with E-state index >= 15 is 0 Å². The molecular weight excluding hydrogens is 278 g/mol. The molecule has 4 N–H and O–H groups in total. The normalized spacial score (nSPS) is 11.2. The van der Waals surface area contributed by atoms with Gasteiger partial charge in [0.15, 0.2) is 0 Å². The van der Waals surface area contributed by atoms with Crippen molar-refractivity contribution < 1.29 is 8.42 Å². The molecule has 0 saturated heterocycles. The molecule has 0 bridgehead atoms. The van der Waals surface area contributed by atoms with E-state index in [1.165, 1.54) is 6.07 Å². The number of nitrogen functional groups attached to an aromatic ring is 1. The minimum Gasteiger partial charge on any atom is -0.323 e. The number of nitrogens with zero attached hydrogens (tertiary/aromatic N) is 2. The van der Waals surface area contributed by atoms with Gasteiger partial charge in [0.1, 0.15) is 4.90 Å². The van der Waals surface area contributed by atoms with E-state index in [0.29, 0.717) is 17.1 Å². The topological polar surface area (TPSA) is 110 Å². The lowest BCUT2D eigenvalue weighted by molar-refractivity contribution is 0.601. The summed E-state index contributed by atoms with van der Waals surface area (Å²) in [4.78, 5) is 8.13.